The number of methoxy groups -OCH3 is 1. The average molecular weight is 589 g/mol. The van der Waals surface area contributed by atoms with Gasteiger partial charge in [0.05, 0.1) is 30.4 Å². The number of aryl methyl sites for hydroxylation is 2. The number of halogens is 1. The van der Waals surface area contributed by atoms with Crippen LogP contribution in [-0.4, -0.2) is 71.7 Å². The van der Waals surface area contributed by atoms with Crippen molar-refractivity contribution >= 4 is 22.5 Å². The van der Waals surface area contributed by atoms with Crippen LogP contribution in [0.2, 0.25) is 0 Å². The first-order chi connectivity index (χ1) is 20.5. The molecule has 3 unspecified atom stereocenters. The van der Waals surface area contributed by atoms with Crippen molar-refractivity contribution in [2.24, 2.45) is 28.2 Å². The Morgan fingerprint density at radius 3 is 2.72 bits per heavy atom. The number of ether oxygens (including phenoxy) is 1. The van der Waals surface area contributed by atoms with Crippen LogP contribution in [0, 0.1) is 29.0 Å². The number of anilines is 1. The number of benzene rings is 2. The molecule has 2 heterocycles. The standard InChI is InChI=1S/C34H45FN6O2/c1-21-28-15-23(34(28,2)3)16-30(21)38-33(40(5)25-12-13-39(4)19-25)37-24-8-10-27-31(17-24)36-20-41(32(27)42)14-11-22-7-9-26(43-6)18-29(22)35/h7-10,17-18,20-21,23,25,28,30H,11-16,19H2,1-6H3,(H,37,38)/t21-,23?,25?,28+,30?/m0/s1. The molecule has 8 nitrogen and oxygen atoms in total. The van der Waals surface area contributed by atoms with Gasteiger partial charge in [0, 0.05) is 37.9 Å². The zero-order chi connectivity index (χ0) is 30.5. The Labute approximate surface area is 254 Å². The Bertz CT molecular complexity index is 1580. The lowest BCUT2D eigenvalue weighted by atomic mass is 9.45. The van der Waals surface area contributed by atoms with E-state index in [0.29, 0.717) is 58.6 Å². The Kier molecular flexibility index (Phi) is 7.96. The molecule has 0 radical (unpaired) electrons. The first-order valence-electron chi connectivity index (χ1n) is 15.6. The van der Waals surface area contributed by atoms with Gasteiger partial charge in [0.15, 0.2) is 5.96 Å². The molecule has 1 aliphatic heterocycles. The molecule has 2 bridgehead atoms. The molecule has 0 spiro atoms. The van der Waals surface area contributed by atoms with Crippen molar-refractivity contribution in [2.75, 3.05) is 39.6 Å². The highest BCUT2D eigenvalue weighted by Crippen LogP contribution is 2.61. The molecule has 230 valence electrons. The number of nitrogens with one attached hydrogen (secondary N) is 1. The number of aliphatic imine (C=N–C) groups is 1. The van der Waals surface area contributed by atoms with Crippen LogP contribution >= 0.6 is 0 Å². The zero-order valence-electron chi connectivity index (χ0n) is 26.3. The fourth-order valence-corrected chi connectivity index (χ4v) is 7.69. The summed E-state index contributed by atoms with van der Waals surface area (Å²) in [5, 5.41) is 4.17. The van der Waals surface area contributed by atoms with Crippen molar-refractivity contribution in [2.45, 2.75) is 65.1 Å². The minimum Gasteiger partial charge on any atom is -0.497 e. The number of nitrogens with zero attached hydrogens (tertiary/aromatic N) is 5. The largest absolute Gasteiger partial charge is 0.497 e. The third-order valence-electron chi connectivity index (χ3n) is 10.8. The first-order valence-corrected chi connectivity index (χ1v) is 15.6. The fraction of sp³-hybridized carbons (Fsp3) is 0.559. The van der Waals surface area contributed by atoms with Gasteiger partial charge in [-0.2, -0.15) is 0 Å². The molecular weight excluding hydrogens is 543 g/mol. The molecule has 43 heavy (non-hydrogen) atoms. The van der Waals surface area contributed by atoms with Gasteiger partial charge >= 0.3 is 0 Å². The van der Waals surface area contributed by atoms with Gasteiger partial charge in [-0.15, -0.1) is 0 Å². The summed E-state index contributed by atoms with van der Waals surface area (Å²) >= 11 is 0. The Morgan fingerprint density at radius 2 is 2.05 bits per heavy atom. The monoisotopic (exact) mass is 588 g/mol. The molecule has 2 aromatic carbocycles. The molecule has 1 aromatic heterocycles. The number of guanidine groups is 1. The van der Waals surface area contributed by atoms with Crippen LogP contribution in [0.3, 0.4) is 0 Å². The lowest BCUT2D eigenvalue weighted by Crippen LogP contribution is -2.56. The molecule has 3 aromatic rings. The summed E-state index contributed by atoms with van der Waals surface area (Å²) in [6.07, 6.45) is 5.50. The zero-order valence-corrected chi connectivity index (χ0v) is 26.3. The maximum absolute atomic E-state index is 14.4. The van der Waals surface area contributed by atoms with E-state index in [0.717, 1.165) is 49.4 Å². The van der Waals surface area contributed by atoms with Crippen LogP contribution in [0.25, 0.3) is 10.9 Å². The maximum Gasteiger partial charge on any atom is 0.261 e. The highest BCUT2D eigenvalue weighted by molar-refractivity contribution is 5.96. The third-order valence-corrected chi connectivity index (χ3v) is 10.8. The van der Waals surface area contributed by atoms with Gasteiger partial charge < -0.3 is 19.9 Å². The summed E-state index contributed by atoms with van der Waals surface area (Å²) in [4.78, 5) is 28.0. The van der Waals surface area contributed by atoms with Crippen molar-refractivity contribution in [1.29, 1.82) is 0 Å². The molecule has 1 saturated heterocycles. The highest BCUT2D eigenvalue weighted by atomic mass is 19.1. The van der Waals surface area contributed by atoms with E-state index in [4.69, 9.17) is 9.73 Å². The number of rotatable bonds is 7. The lowest BCUT2D eigenvalue weighted by molar-refractivity contribution is -0.108. The molecule has 9 heteroatoms. The molecule has 4 aliphatic rings. The lowest BCUT2D eigenvalue weighted by Gasteiger charge is -2.61. The van der Waals surface area contributed by atoms with Crippen molar-refractivity contribution in [3.8, 4) is 5.75 Å². The van der Waals surface area contributed by atoms with Crippen LogP contribution in [0.1, 0.15) is 45.6 Å². The number of likely N-dealkylation sites (N-methyl/N-ethyl adjacent to an activating group) is 2. The number of likely N-dealkylation sites (tertiary alicyclic amines) is 1. The van der Waals surface area contributed by atoms with E-state index in [1.54, 1.807) is 23.0 Å². The van der Waals surface area contributed by atoms with Crippen molar-refractivity contribution in [3.05, 3.63) is 64.5 Å². The summed E-state index contributed by atoms with van der Waals surface area (Å²) in [5.41, 5.74) is 2.30. The molecule has 3 saturated carbocycles. The predicted molar refractivity (Wildman–Crippen MR) is 170 cm³/mol. The van der Waals surface area contributed by atoms with Gasteiger partial charge in [0.1, 0.15) is 11.6 Å². The van der Waals surface area contributed by atoms with E-state index in [2.05, 4.69) is 55.0 Å². The van der Waals surface area contributed by atoms with Crippen LogP contribution < -0.4 is 15.6 Å². The summed E-state index contributed by atoms with van der Waals surface area (Å²) in [7, 11) is 5.83. The van der Waals surface area contributed by atoms with Gasteiger partial charge in [-0.25, -0.2) is 14.4 Å². The number of hydrogen-bond acceptors (Lipinski definition) is 5. The van der Waals surface area contributed by atoms with Crippen LogP contribution in [0.4, 0.5) is 10.1 Å². The molecule has 7 rings (SSSR count). The second-order valence-corrected chi connectivity index (χ2v) is 13.6. The smallest absolute Gasteiger partial charge is 0.261 e. The third kappa shape index (κ3) is 5.64. The maximum atomic E-state index is 14.4. The number of aromatic nitrogens is 2. The van der Waals surface area contributed by atoms with Crippen molar-refractivity contribution in [1.82, 2.24) is 19.4 Å². The van der Waals surface area contributed by atoms with Gasteiger partial charge in [-0.1, -0.05) is 26.8 Å². The van der Waals surface area contributed by atoms with E-state index >= 15 is 0 Å². The molecule has 1 N–H and O–H groups in total. The summed E-state index contributed by atoms with van der Waals surface area (Å²) < 4.78 is 21.1. The summed E-state index contributed by atoms with van der Waals surface area (Å²) in [5.74, 6) is 3.02. The van der Waals surface area contributed by atoms with Crippen LogP contribution in [0.5, 0.6) is 5.75 Å². The van der Waals surface area contributed by atoms with E-state index in [1.807, 2.05) is 18.2 Å². The molecule has 0 amide bonds. The van der Waals surface area contributed by atoms with E-state index in [-0.39, 0.29) is 11.4 Å². The molecular formula is C34H45FN6O2. The Morgan fingerprint density at radius 1 is 1.23 bits per heavy atom. The van der Waals surface area contributed by atoms with Crippen LogP contribution in [-0.2, 0) is 13.0 Å². The quantitative estimate of drug-likeness (QED) is 0.300. The second kappa shape index (κ2) is 11.6. The number of hydrogen-bond donors (Lipinski definition) is 1. The van der Waals surface area contributed by atoms with Gasteiger partial charge in [-0.3, -0.25) is 9.36 Å². The SMILES string of the molecule is COc1ccc(CCn2cnc3cc(NC(=NC4CC5C[C@H]([C@@H]4C)C5(C)C)N(C)C4CCN(C)C4)ccc3c2=O)c(F)c1. The Balaban J connectivity index is 1.23. The minimum absolute atomic E-state index is 0.136. The van der Waals surface area contributed by atoms with Gasteiger partial charge in [-0.05, 0) is 92.3 Å². The van der Waals surface area contributed by atoms with Gasteiger partial charge in [0.25, 0.3) is 5.56 Å². The van der Waals surface area contributed by atoms with E-state index in [1.165, 1.54) is 19.6 Å². The predicted octanol–water partition coefficient (Wildman–Crippen LogP) is 5.26. The highest BCUT2D eigenvalue weighted by Gasteiger charge is 2.56. The minimum atomic E-state index is -0.341. The van der Waals surface area contributed by atoms with Crippen molar-refractivity contribution in [3.63, 3.8) is 0 Å². The second-order valence-electron chi connectivity index (χ2n) is 13.6. The van der Waals surface area contributed by atoms with Crippen LogP contribution in [0.15, 0.2) is 52.5 Å². The summed E-state index contributed by atoms with van der Waals surface area (Å²) in [6.45, 7) is 9.66. The molecule has 3 aliphatic carbocycles. The van der Waals surface area contributed by atoms with Gasteiger partial charge in [0.2, 0.25) is 0 Å². The first kappa shape index (κ1) is 29.6. The number of fused-ring (bicyclic) bond motifs is 3. The van der Waals surface area contributed by atoms with E-state index < -0.39 is 0 Å². The fourth-order valence-electron chi connectivity index (χ4n) is 7.69. The Hall–Kier alpha value is -3.46. The molecule has 4 fully saturated rings. The van der Waals surface area contributed by atoms with Crippen molar-refractivity contribution < 1.29 is 9.13 Å². The topological polar surface area (TPSA) is 75.0 Å². The van der Waals surface area contributed by atoms with E-state index in [9.17, 15) is 9.18 Å². The summed E-state index contributed by atoms with van der Waals surface area (Å²) in [6, 6.07) is 11.2. The molecule has 5 atom stereocenters. The normalized spacial score (nSPS) is 26.8. The average Bonchev–Trinajstić information content (AvgIpc) is 3.43.